The molecule has 1 aliphatic rings. The van der Waals surface area contributed by atoms with Gasteiger partial charge >= 0.3 is 0 Å². The average Bonchev–Trinajstić information content (AvgIpc) is 3.47. The first kappa shape index (κ1) is 21.1. The number of thiophene rings is 1. The van der Waals surface area contributed by atoms with Crippen molar-refractivity contribution in [1.29, 1.82) is 0 Å². The summed E-state index contributed by atoms with van der Waals surface area (Å²) in [6.45, 7) is 2.82. The molecule has 2 aromatic carbocycles. The van der Waals surface area contributed by atoms with E-state index in [1.54, 1.807) is 17.0 Å². The van der Waals surface area contributed by atoms with Crippen molar-refractivity contribution in [1.82, 2.24) is 14.5 Å². The molecule has 0 bridgehead atoms. The van der Waals surface area contributed by atoms with Crippen LogP contribution in [0.4, 0.5) is 4.39 Å². The van der Waals surface area contributed by atoms with Gasteiger partial charge in [-0.15, -0.1) is 11.3 Å². The van der Waals surface area contributed by atoms with Gasteiger partial charge in [0.25, 0.3) is 5.56 Å². The molecule has 5 rings (SSSR count). The zero-order chi connectivity index (χ0) is 22.9. The van der Waals surface area contributed by atoms with Gasteiger partial charge in [0, 0.05) is 24.0 Å². The molecule has 0 atom stereocenters. The molecule has 2 aromatic heterocycles. The van der Waals surface area contributed by atoms with Crippen LogP contribution in [-0.4, -0.2) is 33.7 Å². The molecule has 168 valence electrons. The number of hydrogen-bond donors (Lipinski definition) is 0. The second kappa shape index (κ2) is 8.67. The van der Waals surface area contributed by atoms with Crippen molar-refractivity contribution in [3.8, 4) is 22.6 Å². The van der Waals surface area contributed by atoms with Gasteiger partial charge in [0.2, 0.25) is 12.7 Å². The molecular weight excluding hydrogens is 445 g/mol. The molecule has 4 aromatic rings. The zero-order valence-electron chi connectivity index (χ0n) is 17.8. The first-order valence-electron chi connectivity index (χ1n) is 10.4. The summed E-state index contributed by atoms with van der Waals surface area (Å²) >= 11 is 1.34. The number of aromatic nitrogens is 2. The van der Waals surface area contributed by atoms with Crippen molar-refractivity contribution in [3.05, 3.63) is 75.9 Å². The van der Waals surface area contributed by atoms with Crippen LogP contribution in [0.2, 0.25) is 0 Å². The van der Waals surface area contributed by atoms with Gasteiger partial charge in [0.1, 0.15) is 17.2 Å². The Morgan fingerprint density at radius 1 is 1.18 bits per heavy atom. The van der Waals surface area contributed by atoms with Crippen LogP contribution in [0.1, 0.15) is 12.5 Å². The highest BCUT2D eigenvalue weighted by Gasteiger charge is 2.19. The molecule has 0 radical (unpaired) electrons. The third kappa shape index (κ3) is 4.07. The van der Waals surface area contributed by atoms with E-state index >= 15 is 0 Å². The Kier molecular flexibility index (Phi) is 5.55. The summed E-state index contributed by atoms with van der Waals surface area (Å²) in [5.41, 5.74) is 2.02. The lowest BCUT2D eigenvalue weighted by atomic mass is 10.1. The Bertz CT molecular complexity index is 1400. The van der Waals surface area contributed by atoms with E-state index in [0.29, 0.717) is 40.4 Å². The molecule has 7 nitrogen and oxygen atoms in total. The standard InChI is InChI=1S/C24H20FN3O4S/c1-2-27(10-15-3-8-19-20(9-15)32-14-31-19)21(29)11-28-13-26-23-22(24(28)30)18(12-33-23)16-4-6-17(25)7-5-16/h3-9,12-13H,2,10-11,14H2,1H3. The lowest BCUT2D eigenvalue weighted by Gasteiger charge is -2.21. The summed E-state index contributed by atoms with van der Waals surface area (Å²) in [7, 11) is 0. The van der Waals surface area contributed by atoms with E-state index < -0.39 is 0 Å². The molecule has 9 heteroatoms. The highest BCUT2D eigenvalue weighted by Crippen LogP contribution is 2.33. The minimum Gasteiger partial charge on any atom is -0.454 e. The smallest absolute Gasteiger partial charge is 0.263 e. The van der Waals surface area contributed by atoms with Crippen LogP contribution < -0.4 is 15.0 Å². The minimum absolute atomic E-state index is 0.126. The molecule has 0 unspecified atom stereocenters. The molecule has 0 saturated carbocycles. The number of carbonyl (C=O) groups excluding carboxylic acids is 1. The second-order valence-electron chi connectivity index (χ2n) is 7.61. The Labute approximate surface area is 192 Å². The number of amides is 1. The Balaban J connectivity index is 1.40. The van der Waals surface area contributed by atoms with E-state index in [1.165, 1.54) is 34.4 Å². The largest absolute Gasteiger partial charge is 0.454 e. The fraction of sp³-hybridized carbons (Fsp3) is 0.208. The van der Waals surface area contributed by atoms with Gasteiger partial charge in [-0.1, -0.05) is 18.2 Å². The summed E-state index contributed by atoms with van der Waals surface area (Å²) in [6.07, 6.45) is 1.40. The number of benzene rings is 2. The van der Waals surface area contributed by atoms with E-state index in [0.717, 1.165) is 11.1 Å². The predicted molar refractivity (Wildman–Crippen MR) is 123 cm³/mol. The third-order valence-corrected chi connectivity index (χ3v) is 6.45. The first-order valence-corrected chi connectivity index (χ1v) is 11.3. The van der Waals surface area contributed by atoms with Crippen molar-refractivity contribution < 1.29 is 18.7 Å². The minimum atomic E-state index is -0.346. The molecule has 33 heavy (non-hydrogen) atoms. The highest BCUT2D eigenvalue weighted by molar-refractivity contribution is 7.17. The topological polar surface area (TPSA) is 73.7 Å². The zero-order valence-corrected chi connectivity index (χ0v) is 18.6. The Morgan fingerprint density at radius 3 is 2.76 bits per heavy atom. The van der Waals surface area contributed by atoms with Crippen LogP contribution in [0, 0.1) is 5.82 Å². The number of nitrogens with zero attached hydrogens (tertiary/aromatic N) is 3. The molecule has 1 amide bonds. The van der Waals surface area contributed by atoms with Crippen LogP contribution in [0.3, 0.4) is 0 Å². The van der Waals surface area contributed by atoms with Crippen molar-refractivity contribution >= 4 is 27.5 Å². The maximum Gasteiger partial charge on any atom is 0.263 e. The summed E-state index contributed by atoms with van der Waals surface area (Å²) in [4.78, 5) is 32.9. The summed E-state index contributed by atoms with van der Waals surface area (Å²) in [5, 5.41) is 2.26. The van der Waals surface area contributed by atoms with Crippen LogP contribution in [0.15, 0.2) is 59.0 Å². The van der Waals surface area contributed by atoms with Gasteiger partial charge in [-0.05, 0) is 42.3 Å². The van der Waals surface area contributed by atoms with Crippen molar-refractivity contribution in [2.45, 2.75) is 20.0 Å². The quantitative estimate of drug-likeness (QED) is 0.430. The number of hydrogen-bond acceptors (Lipinski definition) is 6. The molecule has 0 saturated heterocycles. The van der Waals surface area contributed by atoms with Crippen LogP contribution in [-0.2, 0) is 17.9 Å². The maximum atomic E-state index is 13.3. The van der Waals surface area contributed by atoms with Gasteiger partial charge in [-0.2, -0.15) is 0 Å². The highest BCUT2D eigenvalue weighted by atomic mass is 32.1. The number of carbonyl (C=O) groups is 1. The number of likely N-dealkylation sites (N-methyl/N-ethyl adjacent to an activating group) is 1. The SMILES string of the molecule is CCN(Cc1ccc2c(c1)OCO2)C(=O)Cn1cnc2scc(-c3ccc(F)cc3)c2c1=O. The van der Waals surface area contributed by atoms with E-state index in [2.05, 4.69) is 4.98 Å². The molecule has 0 aliphatic carbocycles. The average molecular weight is 466 g/mol. The Hall–Kier alpha value is -3.72. The molecule has 3 heterocycles. The van der Waals surface area contributed by atoms with Gasteiger partial charge in [0.05, 0.1) is 11.7 Å². The van der Waals surface area contributed by atoms with Gasteiger partial charge < -0.3 is 14.4 Å². The van der Waals surface area contributed by atoms with Crippen molar-refractivity contribution in [2.75, 3.05) is 13.3 Å². The van der Waals surface area contributed by atoms with Gasteiger partial charge in [0.15, 0.2) is 11.5 Å². The molecule has 0 spiro atoms. The van der Waals surface area contributed by atoms with Gasteiger partial charge in [-0.25, -0.2) is 9.37 Å². The predicted octanol–water partition coefficient (Wildman–Crippen LogP) is 4.04. The van der Waals surface area contributed by atoms with Crippen LogP contribution in [0.5, 0.6) is 11.5 Å². The normalized spacial score (nSPS) is 12.3. The molecule has 1 aliphatic heterocycles. The van der Waals surface area contributed by atoms with E-state index in [-0.39, 0.29) is 30.6 Å². The lowest BCUT2D eigenvalue weighted by molar-refractivity contribution is -0.132. The van der Waals surface area contributed by atoms with E-state index in [1.807, 2.05) is 30.5 Å². The number of rotatable bonds is 6. The van der Waals surface area contributed by atoms with Crippen molar-refractivity contribution in [2.24, 2.45) is 0 Å². The summed E-state index contributed by atoms with van der Waals surface area (Å²) in [5.74, 6) is 0.804. The number of fused-ring (bicyclic) bond motifs is 2. The number of halogens is 1. The number of ether oxygens (including phenoxy) is 2. The van der Waals surface area contributed by atoms with Crippen LogP contribution >= 0.6 is 11.3 Å². The fourth-order valence-electron chi connectivity index (χ4n) is 3.80. The Morgan fingerprint density at radius 2 is 1.97 bits per heavy atom. The fourth-order valence-corrected chi connectivity index (χ4v) is 4.71. The second-order valence-corrected chi connectivity index (χ2v) is 8.47. The monoisotopic (exact) mass is 465 g/mol. The maximum absolute atomic E-state index is 13.3. The van der Waals surface area contributed by atoms with E-state index in [9.17, 15) is 14.0 Å². The molecular formula is C24H20FN3O4S. The summed E-state index contributed by atoms with van der Waals surface area (Å²) < 4.78 is 25.4. The third-order valence-electron chi connectivity index (χ3n) is 5.57. The van der Waals surface area contributed by atoms with Gasteiger partial charge in [-0.3, -0.25) is 14.2 Å². The van der Waals surface area contributed by atoms with Crippen molar-refractivity contribution in [3.63, 3.8) is 0 Å². The molecule has 0 N–H and O–H groups in total. The van der Waals surface area contributed by atoms with Crippen LogP contribution in [0.25, 0.3) is 21.3 Å². The lowest BCUT2D eigenvalue weighted by Crippen LogP contribution is -2.36. The molecule has 0 fully saturated rings. The first-order chi connectivity index (χ1) is 16.0. The summed E-state index contributed by atoms with van der Waals surface area (Å²) in [6, 6.07) is 11.5. The van der Waals surface area contributed by atoms with E-state index in [4.69, 9.17) is 9.47 Å².